The Morgan fingerprint density at radius 2 is 1.39 bits per heavy atom. The van der Waals surface area contributed by atoms with Crippen LogP contribution < -0.4 is 9.99 Å². The van der Waals surface area contributed by atoms with E-state index in [-0.39, 0.29) is 0 Å². The molecule has 0 saturated heterocycles. The van der Waals surface area contributed by atoms with E-state index in [9.17, 15) is 0 Å². The third-order valence-electron chi connectivity index (χ3n) is 5.82. The number of hydrazone groups is 1. The molecule has 0 amide bonds. The smallest absolute Gasteiger partial charge is 0.277 e. The maximum Gasteiger partial charge on any atom is 0.309 e. The van der Waals surface area contributed by atoms with Gasteiger partial charge < -0.3 is 0 Å². The van der Waals surface area contributed by atoms with Crippen molar-refractivity contribution < 1.29 is 4.57 Å². The van der Waals surface area contributed by atoms with Gasteiger partial charge in [0.1, 0.15) is 10.7 Å². The number of anilines is 1. The Bertz CT molecular complexity index is 1420. The van der Waals surface area contributed by atoms with E-state index in [0.717, 1.165) is 51.5 Å². The van der Waals surface area contributed by atoms with E-state index in [1.807, 2.05) is 77.5 Å². The van der Waals surface area contributed by atoms with Gasteiger partial charge in [-0.05, 0) is 36.4 Å². The molecule has 0 saturated carbocycles. The molecule has 5 rings (SSSR count). The molecule has 178 valence electrons. The fourth-order valence-electron chi connectivity index (χ4n) is 3.99. The Morgan fingerprint density at radius 3 is 2.06 bits per heavy atom. The van der Waals surface area contributed by atoms with Gasteiger partial charge in [0, 0.05) is 18.2 Å². The first-order chi connectivity index (χ1) is 17.8. The van der Waals surface area contributed by atoms with Crippen molar-refractivity contribution >= 4 is 22.5 Å². The van der Waals surface area contributed by atoms with Crippen molar-refractivity contribution in [2.75, 3.05) is 11.2 Å². The lowest BCUT2D eigenvalue weighted by Gasteiger charge is -2.08. The van der Waals surface area contributed by atoms with Crippen molar-refractivity contribution in [2.24, 2.45) is 5.10 Å². The number of rotatable bonds is 8. The molecular formula is C30H28N5S+. The van der Waals surface area contributed by atoms with E-state index >= 15 is 0 Å². The maximum absolute atomic E-state index is 5.01. The number of para-hydroxylation sites is 2. The van der Waals surface area contributed by atoms with Gasteiger partial charge in [0.15, 0.2) is 0 Å². The highest BCUT2D eigenvalue weighted by Crippen LogP contribution is 2.19. The number of benzene rings is 4. The molecule has 0 unspecified atom stereocenters. The van der Waals surface area contributed by atoms with Crippen LogP contribution in [0.4, 0.5) is 5.69 Å². The number of thioether (sulfide) groups is 1. The van der Waals surface area contributed by atoms with Gasteiger partial charge in [-0.15, -0.1) is 11.8 Å². The summed E-state index contributed by atoms with van der Waals surface area (Å²) >= 11 is 1.74. The second kappa shape index (κ2) is 11.5. The molecular weight excluding hydrogens is 462 g/mol. The van der Waals surface area contributed by atoms with Gasteiger partial charge in [-0.2, -0.15) is 5.10 Å². The van der Waals surface area contributed by atoms with Crippen LogP contribution in [0.3, 0.4) is 0 Å². The molecule has 6 heteroatoms. The average Bonchev–Trinajstić information content (AvgIpc) is 3.28. The molecule has 5 aromatic rings. The Kier molecular flexibility index (Phi) is 7.54. The number of nitrogens with zero attached hydrogens (tertiary/aromatic N) is 4. The molecule has 1 aromatic heterocycles. The summed E-state index contributed by atoms with van der Waals surface area (Å²) in [4.78, 5) is 0. The van der Waals surface area contributed by atoms with Crippen molar-refractivity contribution in [1.29, 1.82) is 0 Å². The SMILES string of the molecule is Cc1n(-c2ccccc2)nc(-c2ccccc2)[n+]1CCS/C(=N/Nc1ccccc1)c1ccccc1. The monoisotopic (exact) mass is 490 g/mol. The summed E-state index contributed by atoms with van der Waals surface area (Å²) in [6, 6.07) is 41.0. The summed E-state index contributed by atoms with van der Waals surface area (Å²) < 4.78 is 4.32. The summed E-state index contributed by atoms with van der Waals surface area (Å²) in [5.74, 6) is 2.88. The molecule has 5 nitrogen and oxygen atoms in total. The van der Waals surface area contributed by atoms with Crippen LogP contribution in [0.2, 0.25) is 0 Å². The zero-order valence-corrected chi connectivity index (χ0v) is 21.0. The number of hydrogen-bond acceptors (Lipinski definition) is 4. The summed E-state index contributed by atoms with van der Waals surface area (Å²) in [6.07, 6.45) is 0. The van der Waals surface area contributed by atoms with Crippen molar-refractivity contribution in [2.45, 2.75) is 13.5 Å². The van der Waals surface area contributed by atoms with Crippen molar-refractivity contribution in [3.05, 3.63) is 133 Å². The predicted molar refractivity (Wildman–Crippen MR) is 149 cm³/mol. The summed E-state index contributed by atoms with van der Waals surface area (Å²) in [5, 5.41) is 10.7. The minimum absolute atomic E-state index is 0.796. The van der Waals surface area contributed by atoms with Crippen molar-refractivity contribution in [3.8, 4) is 17.1 Å². The van der Waals surface area contributed by atoms with Crippen LogP contribution in [-0.2, 0) is 6.54 Å². The van der Waals surface area contributed by atoms with Crippen LogP contribution in [0.25, 0.3) is 17.1 Å². The average molecular weight is 491 g/mol. The Balaban J connectivity index is 1.41. The van der Waals surface area contributed by atoms with E-state index in [1.165, 1.54) is 0 Å². The minimum Gasteiger partial charge on any atom is -0.277 e. The predicted octanol–water partition coefficient (Wildman–Crippen LogP) is 6.34. The fraction of sp³-hybridized carbons (Fsp3) is 0.100. The molecule has 0 radical (unpaired) electrons. The number of hydrogen-bond donors (Lipinski definition) is 1. The van der Waals surface area contributed by atoms with Gasteiger partial charge in [-0.3, -0.25) is 5.43 Å². The van der Waals surface area contributed by atoms with Gasteiger partial charge in [0.25, 0.3) is 0 Å². The van der Waals surface area contributed by atoms with E-state index in [4.69, 9.17) is 10.2 Å². The molecule has 0 fully saturated rings. The van der Waals surface area contributed by atoms with Gasteiger partial charge in [-0.25, -0.2) is 4.57 Å². The normalized spacial score (nSPS) is 11.4. The van der Waals surface area contributed by atoms with Crippen LogP contribution in [0.15, 0.2) is 126 Å². The van der Waals surface area contributed by atoms with Crippen molar-refractivity contribution in [3.63, 3.8) is 0 Å². The Hall–Kier alpha value is -4.16. The topological polar surface area (TPSA) is 46.1 Å². The summed E-state index contributed by atoms with van der Waals surface area (Å²) in [5.41, 5.74) is 7.42. The summed E-state index contributed by atoms with van der Waals surface area (Å²) in [7, 11) is 0. The van der Waals surface area contributed by atoms with E-state index in [1.54, 1.807) is 11.8 Å². The van der Waals surface area contributed by atoms with Gasteiger partial charge in [-0.1, -0.05) is 89.6 Å². The lowest BCUT2D eigenvalue weighted by molar-refractivity contribution is -0.688. The third-order valence-corrected chi connectivity index (χ3v) is 6.80. The molecule has 0 aliphatic rings. The lowest BCUT2D eigenvalue weighted by atomic mass is 10.2. The highest BCUT2D eigenvalue weighted by atomic mass is 32.2. The van der Waals surface area contributed by atoms with Crippen LogP contribution >= 0.6 is 11.8 Å². The van der Waals surface area contributed by atoms with E-state index in [0.29, 0.717) is 0 Å². The van der Waals surface area contributed by atoms with Gasteiger partial charge >= 0.3 is 5.82 Å². The fourth-order valence-corrected chi connectivity index (χ4v) is 4.87. The third kappa shape index (κ3) is 5.56. The Morgan fingerprint density at radius 1 is 0.806 bits per heavy atom. The van der Waals surface area contributed by atoms with Crippen LogP contribution in [-0.4, -0.2) is 20.6 Å². The molecule has 0 aliphatic heterocycles. The van der Waals surface area contributed by atoms with E-state index < -0.39 is 0 Å². The van der Waals surface area contributed by atoms with Crippen LogP contribution in [0.5, 0.6) is 0 Å². The quantitative estimate of drug-likeness (QED) is 0.119. The first-order valence-electron chi connectivity index (χ1n) is 12.0. The summed E-state index contributed by atoms with van der Waals surface area (Å²) in [6.45, 7) is 2.92. The second-order valence-corrected chi connectivity index (χ2v) is 9.33. The molecule has 0 spiro atoms. The first kappa shape index (κ1) is 23.6. The molecule has 4 aromatic carbocycles. The van der Waals surface area contributed by atoms with Gasteiger partial charge in [0.2, 0.25) is 5.82 Å². The Labute approximate surface area is 216 Å². The second-order valence-electron chi connectivity index (χ2n) is 8.25. The van der Waals surface area contributed by atoms with Crippen molar-refractivity contribution in [1.82, 2.24) is 9.78 Å². The molecule has 1 N–H and O–H groups in total. The molecule has 36 heavy (non-hydrogen) atoms. The molecule has 0 atom stereocenters. The largest absolute Gasteiger partial charge is 0.309 e. The zero-order valence-electron chi connectivity index (χ0n) is 20.2. The molecule has 0 bridgehead atoms. The maximum atomic E-state index is 5.01. The van der Waals surface area contributed by atoms with E-state index in [2.05, 4.69) is 65.4 Å². The first-order valence-corrected chi connectivity index (χ1v) is 13.0. The molecule has 0 aliphatic carbocycles. The van der Waals surface area contributed by atoms with Crippen LogP contribution in [0, 0.1) is 6.92 Å². The lowest BCUT2D eigenvalue weighted by Crippen LogP contribution is -2.39. The number of nitrogens with one attached hydrogen (secondary N) is 1. The molecule has 1 heterocycles. The van der Waals surface area contributed by atoms with Gasteiger partial charge in [0.05, 0.1) is 22.9 Å². The standard InChI is InChI=1S/C30H28N5S/c1-24-34(29(25-14-6-2-7-15-25)33-35(24)28-20-12-5-13-21-28)22-23-36-30(26-16-8-3-9-17-26)32-31-27-18-10-4-11-19-27/h2-21,31H,22-23H2,1H3/q+1/b32-30+. The highest BCUT2D eigenvalue weighted by Gasteiger charge is 2.25. The number of aromatic nitrogens is 3. The van der Waals surface area contributed by atoms with Crippen LogP contribution in [0.1, 0.15) is 11.4 Å². The minimum atomic E-state index is 0.796. The zero-order chi connectivity index (χ0) is 24.6. The highest BCUT2D eigenvalue weighted by molar-refractivity contribution is 8.14.